The molecule has 35 heavy (non-hydrogen) atoms. The van der Waals surface area contributed by atoms with Crippen LogP contribution in [0.4, 0.5) is 5.69 Å². The molecule has 0 bridgehead atoms. The van der Waals surface area contributed by atoms with Crippen LogP contribution in [0.15, 0.2) is 76.7 Å². The van der Waals surface area contributed by atoms with Gasteiger partial charge in [-0.25, -0.2) is 13.8 Å². The highest BCUT2D eigenvalue weighted by molar-refractivity contribution is 7.92. The van der Waals surface area contributed by atoms with E-state index in [0.717, 1.165) is 6.42 Å². The van der Waals surface area contributed by atoms with E-state index >= 15 is 0 Å². The Morgan fingerprint density at radius 1 is 0.971 bits per heavy atom. The zero-order valence-corrected chi connectivity index (χ0v) is 20.2. The zero-order valence-electron chi connectivity index (χ0n) is 19.4. The minimum atomic E-state index is -3.80. The third-order valence-corrected chi connectivity index (χ3v) is 6.09. The molecule has 9 nitrogen and oxygen atoms in total. The smallest absolute Gasteiger partial charge is 0.271 e. The topological polar surface area (TPSA) is 126 Å². The lowest BCUT2D eigenvalue weighted by atomic mass is 10.2. The Kier molecular flexibility index (Phi) is 8.69. The van der Waals surface area contributed by atoms with E-state index in [1.54, 1.807) is 24.3 Å². The fraction of sp³-hybridized carbons (Fsp3) is 0.200. The molecule has 1 amide bonds. The van der Waals surface area contributed by atoms with Gasteiger partial charge in [0.05, 0.1) is 24.3 Å². The number of carbonyl (C=O) groups is 1. The molecule has 184 valence electrons. The van der Waals surface area contributed by atoms with Crippen molar-refractivity contribution in [2.45, 2.75) is 25.2 Å². The molecule has 0 spiro atoms. The number of aromatic hydroxyl groups is 1. The van der Waals surface area contributed by atoms with E-state index < -0.39 is 15.9 Å². The summed E-state index contributed by atoms with van der Waals surface area (Å²) in [6, 6.07) is 16.8. The number of sulfonamides is 1. The number of nitrogens with zero attached hydrogens (tertiary/aromatic N) is 1. The summed E-state index contributed by atoms with van der Waals surface area (Å²) in [5, 5.41) is 13.9. The molecule has 3 aromatic carbocycles. The zero-order chi connectivity index (χ0) is 25.3. The number of hydrazone groups is 1. The van der Waals surface area contributed by atoms with Crippen LogP contribution in [0.5, 0.6) is 17.2 Å². The molecule has 0 aliphatic rings. The molecular weight excluding hydrogens is 470 g/mol. The van der Waals surface area contributed by atoms with Crippen LogP contribution in [0.25, 0.3) is 0 Å². The van der Waals surface area contributed by atoms with E-state index in [9.17, 15) is 18.3 Å². The van der Waals surface area contributed by atoms with Gasteiger partial charge in [-0.05, 0) is 74.0 Å². The average molecular weight is 498 g/mol. The van der Waals surface area contributed by atoms with Crippen LogP contribution < -0.4 is 19.6 Å². The minimum Gasteiger partial charge on any atom is -0.507 e. The van der Waals surface area contributed by atoms with Crippen LogP contribution in [-0.2, 0) is 10.0 Å². The number of phenolic OH excluding ortho intramolecular Hbond substituents is 1. The van der Waals surface area contributed by atoms with E-state index in [0.29, 0.717) is 36.0 Å². The van der Waals surface area contributed by atoms with Crippen LogP contribution >= 0.6 is 0 Å². The van der Waals surface area contributed by atoms with Crippen molar-refractivity contribution in [3.8, 4) is 17.2 Å². The van der Waals surface area contributed by atoms with Crippen molar-refractivity contribution in [1.82, 2.24) is 5.43 Å². The Morgan fingerprint density at radius 3 is 2.29 bits per heavy atom. The second-order valence-corrected chi connectivity index (χ2v) is 9.04. The number of nitrogens with one attached hydrogen (secondary N) is 2. The lowest BCUT2D eigenvalue weighted by molar-refractivity contribution is 0.0955. The molecule has 10 heteroatoms. The first-order valence-electron chi connectivity index (χ1n) is 11.0. The summed E-state index contributed by atoms with van der Waals surface area (Å²) in [7, 11) is -3.80. The summed E-state index contributed by atoms with van der Waals surface area (Å²) in [6.45, 7) is 4.86. The third-order valence-electron chi connectivity index (χ3n) is 4.69. The number of carbonyl (C=O) groups excluding carboxylic acids is 1. The summed E-state index contributed by atoms with van der Waals surface area (Å²) in [4.78, 5) is 12.4. The van der Waals surface area contributed by atoms with Gasteiger partial charge in [0.2, 0.25) is 0 Å². The summed E-state index contributed by atoms with van der Waals surface area (Å²) >= 11 is 0. The first-order chi connectivity index (χ1) is 16.8. The second-order valence-electron chi connectivity index (χ2n) is 7.36. The predicted molar refractivity (Wildman–Crippen MR) is 134 cm³/mol. The first kappa shape index (κ1) is 25.6. The molecule has 0 heterocycles. The van der Waals surface area contributed by atoms with Gasteiger partial charge in [-0.15, -0.1) is 0 Å². The van der Waals surface area contributed by atoms with Crippen molar-refractivity contribution in [1.29, 1.82) is 0 Å². The second kappa shape index (κ2) is 11.9. The molecule has 0 radical (unpaired) electrons. The van der Waals surface area contributed by atoms with Gasteiger partial charge >= 0.3 is 0 Å². The number of hydrogen-bond acceptors (Lipinski definition) is 7. The quantitative estimate of drug-likeness (QED) is 0.270. The largest absolute Gasteiger partial charge is 0.507 e. The Labute approximate surface area is 204 Å². The number of phenols is 1. The molecule has 0 aliphatic carbocycles. The number of benzene rings is 3. The molecule has 3 N–H and O–H groups in total. The Hall–Kier alpha value is -4.05. The molecule has 0 saturated heterocycles. The number of rotatable bonds is 11. The highest BCUT2D eigenvalue weighted by atomic mass is 32.2. The van der Waals surface area contributed by atoms with E-state index in [-0.39, 0.29) is 16.2 Å². The SMILES string of the molecule is CCCOc1ccc(/C=N/NC(=O)c2ccc(NS(=O)(=O)c3ccc(OCC)cc3)cc2)c(O)c1. The Bertz CT molecular complexity index is 1270. The van der Waals surface area contributed by atoms with E-state index in [1.165, 1.54) is 48.7 Å². The highest BCUT2D eigenvalue weighted by Crippen LogP contribution is 2.23. The van der Waals surface area contributed by atoms with Gasteiger partial charge in [0.25, 0.3) is 15.9 Å². The molecule has 3 aromatic rings. The number of ether oxygens (including phenoxy) is 2. The summed E-state index contributed by atoms with van der Waals surface area (Å²) < 4.78 is 38.4. The van der Waals surface area contributed by atoms with Crippen molar-refractivity contribution < 1.29 is 27.8 Å². The molecule has 0 unspecified atom stereocenters. The summed E-state index contributed by atoms with van der Waals surface area (Å²) in [5.74, 6) is 0.604. The molecule has 0 atom stereocenters. The maximum atomic E-state index is 12.6. The van der Waals surface area contributed by atoms with Gasteiger partial charge in [0, 0.05) is 22.9 Å². The summed E-state index contributed by atoms with van der Waals surface area (Å²) in [6.07, 6.45) is 2.17. The van der Waals surface area contributed by atoms with Gasteiger partial charge < -0.3 is 14.6 Å². The number of amides is 1. The minimum absolute atomic E-state index is 0.0271. The standard InChI is InChI=1S/C25H27N3O6S/c1-3-15-34-22-10-7-19(24(29)16-22)17-26-27-25(30)18-5-8-20(9-6-18)28-35(31,32)23-13-11-21(12-14-23)33-4-2/h5-14,16-17,28-29H,3-4,15H2,1-2H3,(H,27,30)/b26-17+. The van der Waals surface area contributed by atoms with Crippen LogP contribution in [-0.4, -0.2) is 38.9 Å². The lowest BCUT2D eigenvalue weighted by Gasteiger charge is -2.09. The van der Waals surface area contributed by atoms with Gasteiger partial charge in [-0.1, -0.05) is 6.92 Å². The highest BCUT2D eigenvalue weighted by Gasteiger charge is 2.15. The number of hydrogen-bond donors (Lipinski definition) is 3. The van der Waals surface area contributed by atoms with E-state index in [2.05, 4.69) is 15.2 Å². The van der Waals surface area contributed by atoms with Gasteiger partial charge in [-0.2, -0.15) is 5.10 Å². The molecule has 0 aliphatic heterocycles. The molecular formula is C25H27N3O6S. The normalized spacial score (nSPS) is 11.3. The molecule has 0 saturated carbocycles. The van der Waals surface area contributed by atoms with E-state index in [4.69, 9.17) is 9.47 Å². The summed E-state index contributed by atoms with van der Waals surface area (Å²) in [5.41, 5.74) is 3.36. The van der Waals surface area contributed by atoms with E-state index in [1.807, 2.05) is 13.8 Å². The van der Waals surface area contributed by atoms with Crippen LogP contribution in [0.1, 0.15) is 36.2 Å². The third kappa shape index (κ3) is 7.21. The van der Waals surface area contributed by atoms with Crippen molar-refractivity contribution >= 4 is 27.8 Å². The van der Waals surface area contributed by atoms with Crippen LogP contribution in [0.2, 0.25) is 0 Å². The molecule has 3 rings (SSSR count). The van der Waals surface area contributed by atoms with Crippen molar-refractivity contribution in [3.05, 3.63) is 77.9 Å². The predicted octanol–water partition coefficient (Wildman–Crippen LogP) is 4.14. The fourth-order valence-corrected chi connectivity index (χ4v) is 4.01. The van der Waals surface area contributed by atoms with Gasteiger partial charge in [-0.3, -0.25) is 9.52 Å². The molecule has 0 aromatic heterocycles. The van der Waals surface area contributed by atoms with Gasteiger partial charge in [0.15, 0.2) is 0 Å². The lowest BCUT2D eigenvalue weighted by Crippen LogP contribution is -2.18. The van der Waals surface area contributed by atoms with Crippen molar-refractivity contribution in [2.24, 2.45) is 5.10 Å². The monoisotopic (exact) mass is 497 g/mol. The van der Waals surface area contributed by atoms with Crippen molar-refractivity contribution in [2.75, 3.05) is 17.9 Å². The maximum absolute atomic E-state index is 12.6. The molecule has 0 fully saturated rings. The van der Waals surface area contributed by atoms with Crippen molar-refractivity contribution in [3.63, 3.8) is 0 Å². The maximum Gasteiger partial charge on any atom is 0.271 e. The Morgan fingerprint density at radius 2 is 1.66 bits per heavy atom. The number of anilines is 1. The van der Waals surface area contributed by atoms with Crippen LogP contribution in [0, 0.1) is 0 Å². The average Bonchev–Trinajstić information content (AvgIpc) is 2.84. The van der Waals surface area contributed by atoms with Gasteiger partial charge in [0.1, 0.15) is 17.2 Å². The fourth-order valence-electron chi connectivity index (χ4n) is 2.95. The first-order valence-corrected chi connectivity index (χ1v) is 12.5. The van der Waals surface area contributed by atoms with Crippen LogP contribution in [0.3, 0.4) is 0 Å². The Balaban J connectivity index is 1.58.